The maximum Gasteiger partial charge on any atom is -0.0386 e. The zero-order valence-corrected chi connectivity index (χ0v) is 7.72. The van der Waals surface area contributed by atoms with Crippen LogP contribution >= 0.6 is 0 Å². The molecule has 0 bridgehead atoms. The Morgan fingerprint density at radius 1 is 1.10 bits per heavy atom. The van der Waals surface area contributed by atoms with Gasteiger partial charge < -0.3 is 0 Å². The highest BCUT2D eigenvalue weighted by atomic mass is 14.4. The molecule has 10 heavy (non-hydrogen) atoms. The van der Waals surface area contributed by atoms with Crippen molar-refractivity contribution in [1.82, 2.24) is 0 Å². The van der Waals surface area contributed by atoms with Crippen LogP contribution in [0.3, 0.4) is 0 Å². The van der Waals surface area contributed by atoms with Gasteiger partial charge in [-0.3, -0.25) is 0 Å². The van der Waals surface area contributed by atoms with Crippen molar-refractivity contribution >= 4 is 0 Å². The van der Waals surface area contributed by atoms with E-state index >= 15 is 0 Å². The fourth-order valence-electron chi connectivity index (χ4n) is 2.39. The van der Waals surface area contributed by atoms with Crippen LogP contribution in [0.1, 0.15) is 40.5 Å². The molecular weight excluding hydrogens is 120 g/mol. The number of hydrogen-bond donors (Lipinski definition) is 0. The minimum atomic E-state index is 0.963. The Balaban J connectivity index is 2.53. The van der Waals surface area contributed by atoms with E-state index in [9.17, 15) is 0 Å². The summed E-state index contributed by atoms with van der Waals surface area (Å²) < 4.78 is 0. The average molecular weight is 140 g/mol. The first-order valence-corrected chi connectivity index (χ1v) is 4.66. The lowest BCUT2D eigenvalue weighted by Crippen LogP contribution is -2.08. The maximum atomic E-state index is 2.42. The fraction of sp³-hybridized carbons (Fsp3) is 1.00. The van der Waals surface area contributed by atoms with E-state index in [0.29, 0.717) is 0 Å². The summed E-state index contributed by atoms with van der Waals surface area (Å²) in [5.74, 6) is 3.93. The van der Waals surface area contributed by atoms with Crippen molar-refractivity contribution in [1.29, 1.82) is 0 Å². The predicted molar refractivity (Wildman–Crippen MR) is 45.9 cm³/mol. The van der Waals surface area contributed by atoms with Gasteiger partial charge in [0.2, 0.25) is 0 Å². The molecule has 0 heterocycles. The Morgan fingerprint density at radius 3 is 1.90 bits per heavy atom. The molecule has 0 spiro atoms. The van der Waals surface area contributed by atoms with Gasteiger partial charge in [0.1, 0.15) is 0 Å². The van der Waals surface area contributed by atoms with Crippen LogP contribution in [0.15, 0.2) is 0 Å². The predicted octanol–water partition coefficient (Wildman–Crippen LogP) is 3.32. The van der Waals surface area contributed by atoms with E-state index in [1.807, 2.05) is 0 Å². The van der Waals surface area contributed by atoms with Gasteiger partial charge in [0.25, 0.3) is 0 Å². The Bertz CT molecular complexity index is 107. The standard InChI is InChI=1S/C10H20/c1-5-10-6-7(2)8(3)9(10)4/h7-10H,5-6H2,1-4H3. The molecule has 0 amide bonds. The summed E-state index contributed by atoms with van der Waals surface area (Å²) in [5.41, 5.74) is 0. The molecule has 1 fully saturated rings. The molecule has 1 aliphatic carbocycles. The van der Waals surface area contributed by atoms with Crippen LogP contribution in [0.2, 0.25) is 0 Å². The molecular formula is C10H20. The van der Waals surface area contributed by atoms with Crippen molar-refractivity contribution in [3.63, 3.8) is 0 Å². The van der Waals surface area contributed by atoms with Crippen LogP contribution in [0.5, 0.6) is 0 Å². The zero-order valence-electron chi connectivity index (χ0n) is 7.72. The van der Waals surface area contributed by atoms with Crippen LogP contribution in [0.4, 0.5) is 0 Å². The first kappa shape index (κ1) is 8.10. The van der Waals surface area contributed by atoms with Crippen LogP contribution in [0, 0.1) is 23.7 Å². The van der Waals surface area contributed by atoms with E-state index in [0.717, 1.165) is 23.7 Å². The maximum absolute atomic E-state index is 2.42. The minimum absolute atomic E-state index is 0.963. The first-order chi connectivity index (χ1) is 4.66. The van der Waals surface area contributed by atoms with Gasteiger partial charge in [-0.25, -0.2) is 0 Å². The molecule has 0 aromatic carbocycles. The third kappa shape index (κ3) is 1.21. The van der Waals surface area contributed by atoms with Crippen molar-refractivity contribution in [2.24, 2.45) is 23.7 Å². The van der Waals surface area contributed by atoms with Gasteiger partial charge in [0.15, 0.2) is 0 Å². The molecule has 0 nitrogen and oxygen atoms in total. The van der Waals surface area contributed by atoms with Crippen molar-refractivity contribution < 1.29 is 0 Å². The van der Waals surface area contributed by atoms with E-state index in [1.54, 1.807) is 0 Å². The van der Waals surface area contributed by atoms with Gasteiger partial charge in [0, 0.05) is 0 Å². The summed E-state index contributed by atoms with van der Waals surface area (Å²) in [6, 6.07) is 0. The Kier molecular flexibility index (Phi) is 2.38. The molecule has 1 aliphatic rings. The third-order valence-electron chi connectivity index (χ3n) is 3.67. The second-order valence-electron chi connectivity index (χ2n) is 4.10. The number of hydrogen-bond acceptors (Lipinski definition) is 0. The van der Waals surface area contributed by atoms with Gasteiger partial charge in [0.05, 0.1) is 0 Å². The van der Waals surface area contributed by atoms with Crippen LogP contribution in [0.25, 0.3) is 0 Å². The van der Waals surface area contributed by atoms with Crippen molar-refractivity contribution in [2.75, 3.05) is 0 Å². The summed E-state index contributed by atoms with van der Waals surface area (Å²) in [6.45, 7) is 9.55. The van der Waals surface area contributed by atoms with Crippen molar-refractivity contribution in [3.8, 4) is 0 Å². The highest BCUT2D eigenvalue weighted by molar-refractivity contribution is 4.83. The SMILES string of the molecule is CCC1CC(C)C(C)C1C. The second kappa shape index (κ2) is 2.94. The summed E-state index contributed by atoms with van der Waals surface area (Å²) in [7, 11) is 0. The molecule has 0 aromatic rings. The van der Waals surface area contributed by atoms with E-state index in [2.05, 4.69) is 27.7 Å². The molecule has 0 radical (unpaired) electrons. The zero-order chi connectivity index (χ0) is 7.72. The molecule has 1 rings (SSSR count). The molecule has 60 valence electrons. The van der Waals surface area contributed by atoms with Crippen LogP contribution in [-0.2, 0) is 0 Å². The van der Waals surface area contributed by atoms with Gasteiger partial charge in [-0.1, -0.05) is 34.1 Å². The lowest BCUT2D eigenvalue weighted by Gasteiger charge is -2.16. The fourth-order valence-corrected chi connectivity index (χ4v) is 2.39. The molecule has 4 unspecified atom stereocenters. The topological polar surface area (TPSA) is 0 Å². The molecule has 0 N–H and O–H groups in total. The van der Waals surface area contributed by atoms with Gasteiger partial charge in [-0.15, -0.1) is 0 Å². The third-order valence-corrected chi connectivity index (χ3v) is 3.67. The summed E-state index contributed by atoms with van der Waals surface area (Å²) >= 11 is 0. The van der Waals surface area contributed by atoms with Crippen molar-refractivity contribution in [2.45, 2.75) is 40.5 Å². The summed E-state index contributed by atoms with van der Waals surface area (Å²) in [5, 5.41) is 0. The Hall–Kier alpha value is 0. The lowest BCUT2D eigenvalue weighted by molar-refractivity contribution is 0.334. The Labute approximate surface area is 65.0 Å². The normalized spacial score (nSPS) is 48.0. The molecule has 0 aliphatic heterocycles. The van der Waals surface area contributed by atoms with Crippen LogP contribution < -0.4 is 0 Å². The molecule has 0 aromatic heterocycles. The Morgan fingerprint density at radius 2 is 1.70 bits per heavy atom. The minimum Gasteiger partial charge on any atom is -0.0651 e. The molecule has 0 saturated heterocycles. The van der Waals surface area contributed by atoms with Crippen LogP contribution in [-0.4, -0.2) is 0 Å². The monoisotopic (exact) mass is 140 g/mol. The van der Waals surface area contributed by atoms with E-state index in [-0.39, 0.29) is 0 Å². The smallest absolute Gasteiger partial charge is 0.0386 e. The van der Waals surface area contributed by atoms with E-state index in [4.69, 9.17) is 0 Å². The lowest BCUT2D eigenvalue weighted by atomic mass is 9.90. The van der Waals surface area contributed by atoms with E-state index in [1.165, 1.54) is 12.8 Å². The van der Waals surface area contributed by atoms with Gasteiger partial charge in [-0.05, 0) is 30.1 Å². The largest absolute Gasteiger partial charge is 0.0651 e. The van der Waals surface area contributed by atoms with Gasteiger partial charge in [-0.2, -0.15) is 0 Å². The van der Waals surface area contributed by atoms with Gasteiger partial charge >= 0.3 is 0 Å². The highest BCUT2D eigenvalue weighted by Gasteiger charge is 2.33. The van der Waals surface area contributed by atoms with Crippen molar-refractivity contribution in [3.05, 3.63) is 0 Å². The number of rotatable bonds is 1. The quantitative estimate of drug-likeness (QED) is 0.524. The molecule has 1 saturated carbocycles. The average Bonchev–Trinajstić information content (AvgIpc) is 2.17. The first-order valence-electron chi connectivity index (χ1n) is 4.66. The van der Waals surface area contributed by atoms with E-state index < -0.39 is 0 Å². The summed E-state index contributed by atoms with van der Waals surface area (Å²) in [6.07, 6.45) is 2.86. The highest BCUT2D eigenvalue weighted by Crippen LogP contribution is 2.42. The molecule has 4 atom stereocenters. The summed E-state index contributed by atoms with van der Waals surface area (Å²) in [4.78, 5) is 0. The molecule has 0 heteroatoms. The second-order valence-corrected chi connectivity index (χ2v) is 4.10.